The van der Waals surface area contributed by atoms with E-state index < -0.39 is 0 Å². The van der Waals surface area contributed by atoms with Crippen LogP contribution in [-0.4, -0.2) is 12.6 Å². The summed E-state index contributed by atoms with van der Waals surface area (Å²) >= 11 is 3.50. The molecule has 0 amide bonds. The maximum atomic E-state index is 5.51. The van der Waals surface area contributed by atoms with Gasteiger partial charge in [-0.15, -0.1) is 0 Å². The van der Waals surface area contributed by atoms with E-state index in [1.807, 2.05) is 6.26 Å². The number of ether oxygens (including phenoxy) is 1. The zero-order valence-electron chi connectivity index (χ0n) is 9.37. The first-order chi connectivity index (χ1) is 7.74. The number of halogens is 1. The Kier molecular flexibility index (Phi) is 3.88. The van der Waals surface area contributed by atoms with Crippen LogP contribution in [0.15, 0.2) is 35.0 Å². The van der Waals surface area contributed by atoms with Crippen molar-refractivity contribution in [3.63, 3.8) is 0 Å². The van der Waals surface area contributed by atoms with Gasteiger partial charge in [0, 0.05) is 10.2 Å². The van der Waals surface area contributed by atoms with Crippen molar-refractivity contribution < 1.29 is 4.74 Å². The van der Waals surface area contributed by atoms with E-state index in [1.165, 1.54) is 5.56 Å². The van der Waals surface area contributed by atoms with E-state index >= 15 is 0 Å². The Morgan fingerprint density at radius 3 is 3.00 bits per heavy atom. The molecule has 16 heavy (non-hydrogen) atoms. The van der Waals surface area contributed by atoms with Crippen molar-refractivity contribution >= 4 is 21.6 Å². The number of allylic oxidation sites excluding steroid dienone is 1. The fraction of sp³-hybridized carbons (Fsp3) is 0.385. The van der Waals surface area contributed by atoms with Crippen LogP contribution in [0, 0.1) is 6.92 Å². The van der Waals surface area contributed by atoms with Crippen LogP contribution in [0.25, 0.3) is 0 Å². The molecule has 0 saturated carbocycles. The van der Waals surface area contributed by atoms with Gasteiger partial charge in [-0.25, -0.2) is 0 Å². The quantitative estimate of drug-likeness (QED) is 0.908. The van der Waals surface area contributed by atoms with E-state index in [0.717, 1.165) is 29.5 Å². The summed E-state index contributed by atoms with van der Waals surface area (Å²) in [4.78, 5) is 0. The van der Waals surface area contributed by atoms with Crippen molar-refractivity contribution in [2.24, 2.45) is 0 Å². The van der Waals surface area contributed by atoms with E-state index in [2.05, 4.69) is 52.4 Å². The zero-order valence-corrected chi connectivity index (χ0v) is 11.0. The van der Waals surface area contributed by atoms with Crippen LogP contribution in [0.5, 0.6) is 0 Å². The van der Waals surface area contributed by atoms with Crippen LogP contribution in [0.4, 0.5) is 5.69 Å². The average molecular weight is 282 g/mol. The van der Waals surface area contributed by atoms with Crippen molar-refractivity contribution in [1.82, 2.24) is 0 Å². The van der Waals surface area contributed by atoms with Gasteiger partial charge in [0.2, 0.25) is 0 Å². The highest BCUT2D eigenvalue weighted by molar-refractivity contribution is 9.10. The van der Waals surface area contributed by atoms with Crippen molar-refractivity contribution in [2.45, 2.75) is 25.9 Å². The van der Waals surface area contributed by atoms with Gasteiger partial charge in [0.1, 0.15) is 6.10 Å². The molecule has 86 valence electrons. The molecular weight excluding hydrogens is 266 g/mol. The number of rotatable bonds is 3. The highest BCUT2D eigenvalue weighted by Crippen LogP contribution is 2.19. The monoisotopic (exact) mass is 281 g/mol. The second-order valence-electron chi connectivity index (χ2n) is 4.11. The third kappa shape index (κ3) is 3.27. The molecule has 2 rings (SSSR count). The van der Waals surface area contributed by atoms with Gasteiger partial charge < -0.3 is 10.1 Å². The van der Waals surface area contributed by atoms with E-state index in [-0.39, 0.29) is 0 Å². The highest BCUT2D eigenvalue weighted by Gasteiger charge is 2.10. The fourth-order valence-electron chi connectivity index (χ4n) is 1.81. The average Bonchev–Trinajstić information content (AvgIpc) is 2.27. The number of hydrogen-bond acceptors (Lipinski definition) is 2. The molecule has 1 unspecified atom stereocenters. The van der Waals surface area contributed by atoms with Crippen LogP contribution in [0.1, 0.15) is 18.4 Å². The first-order valence-corrected chi connectivity index (χ1v) is 6.35. The molecule has 0 radical (unpaired) electrons. The molecule has 0 fully saturated rings. The zero-order chi connectivity index (χ0) is 11.4. The lowest BCUT2D eigenvalue weighted by Crippen LogP contribution is -2.22. The smallest absolute Gasteiger partial charge is 0.115 e. The molecule has 0 aliphatic carbocycles. The van der Waals surface area contributed by atoms with Gasteiger partial charge in [0.05, 0.1) is 12.8 Å². The standard InChI is InChI=1S/C13H16BrNO/c1-10-6-11(14)8-12(7-10)15-9-13-4-2-3-5-16-13/h3,5-8,13,15H,2,4,9H2,1H3. The summed E-state index contributed by atoms with van der Waals surface area (Å²) in [6.45, 7) is 2.95. The summed E-state index contributed by atoms with van der Waals surface area (Å²) in [5.41, 5.74) is 2.39. The second-order valence-corrected chi connectivity index (χ2v) is 5.02. The lowest BCUT2D eigenvalue weighted by Gasteiger charge is -2.20. The van der Waals surface area contributed by atoms with E-state index in [0.29, 0.717) is 6.10 Å². The van der Waals surface area contributed by atoms with Gasteiger partial charge in [-0.3, -0.25) is 0 Å². The van der Waals surface area contributed by atoms with Gasteiger partial charge in [-0.05, 0) is 49.6 Å². The maximum Gasteiger partial charge on any atom is 0.115 e. The molecule has 0 saturated heterocycles. The molecule has 1 aromatic rings. The molecule has 1 atom stereocenters. The first-order valence-electron chi connectivity index (χ1n) is 5.55. The molecule has 0 aromatic heterocycles. The van der Waals surface area contributed by atoms with Crippen LogP contribution < -0.4 is 5.32 Å². The third-order valence-corrected chi connectivity index (χ3v) is 3.06. The SMILES string of the molecule is Cc1cc(Br)cc(NCC2CCC=CO2)c1. The van der Waals surface area contributed by atoms with E-state index in [4.69, 9.17) is 4.74 Å². The van der Waals surface area contributed by atoms with Gasteiger partial charge in [-0.1, -0.05) is 15.9 Å². The van der Waals surface area contributed by atoms with Gasteiger partial charge >= 0.3 is 0 Å². The summed E-state index contributed by atoms with van der Waals surface area (Å²) in [6, 6.07) is 6.33. The minimum Gasteiger partial charge on any atom is -0.497 e. The van der Waals surface area contributed by atoms with Gasteiger partial charge in [0.25, 0.3) is 0 Å². The summed E-state index contributed by atoms with van der Waals surface area (Å²) < 4.78 is 6.62. The minimum atomic E-state index is 0.296. The predicted octanol–water partition coefficient (Wildman–Crippen LogP) is 3.86. The van der Waals surface area contributed by atoms with Crippen LogP contribution in [-0.2, 0) is 4.74 Å². The number of aryl methyl sites for hydroxylation is 1. The number of nitrogens with one attached hydrogen (secondary N) is 1. The van der Waals surface area contributed by atoms with Crippen LogP contribution >= 0.6 is 15.9 Å². The van der Waals surface area contributed by atoms with E-state index in [9.17, 15) is 0 Å². The molecule has 2 nitrogen and oxygen atoms in total. The Hall–Kier alpha value is -0.960. The van der Waals surface area contributed by atoms with Crippen LogP contribution in [0.3, 0.4) is 0 Å². The molecule has 1 aromatic carbocycles. The van der Waals surface area contributed by atoms with Crippen LogP contribution in [0.2, 0.25) is 0 Å². The van der Waals surface area contributed by atoms with Crippen molar-refractivity contribution in [3.8, 4) is 0 Å². The molecular formula is C13H16BrNO. The Morgan fingerprint density at radius 2 is 2.31 bits per heavy atom. The fourth-order valence-corrected chi connectivity index (χ4v) is 2.41. The summed E-state index contributed by atoms with van der Waals surface area (Å²) in [7, 11) is 0. The third-order valence-electron chi connectivity index (χ3n) is 2.60. The topological polar surface area (TPSA) is 21.3 Å². The first kappa shape index (κ1) is 11.5. The number of anilines is 1. The van der Waals surface area contributed by atoms with Crippen molar-refractivity contribution in [2.75, 3.05) is 11.9 Å². The lowest BCUT2D eigenvalue weighted by molar-refractivity contribution is 0.135. The van der Waals surface area contributed by atoms with Gasteiger partial charge in [-0.2, -0.15) is 0 Å². The molecule has 1 heterocycles. The number of hydrogen-bond donors (Lipinski definition) is 1. The maximum absolute atomic E-state index is 5.51. The molecule has 0 spiro atoms. The molecule has 1 N–H and O–H groups in total. The Balaban J connectivity index is 1.91. The predicted molar refractivity (Wildman–Crippen MR) is 70.6 cm³/mol. The second kappa shape index (κ2) is 5.39. The highest BCUT2D eigenvalue weighted by atomic mass is 79.9. The molecule has 1 aliphatic heterocycles. The Morgan fingerprint density at radius 1 is 1.44 bits per heavy atom. The summed E-state index contributed by atoms with van der Waals surface area (Å²) in [5.74, 6) is 0. The Bertz CT molecular complexity index is 369. The summed E-state index contributed by atoms with van der Waals surface area (Å²) in [6.07, 6.45) is 6.38. The Labute approximate surface area is 105 Å². The lowest BCUT2D eigenvalue weighted by atomic mass is 10.1. The largest absolute Gasteiger partial charge is 0.497 e. The molecule has 0 bridgehead atoms. The summed E-state index contributed by atoms with van der Waals surface area (Å²) in [5, 5.41) is 3.41. The normalized spacial score (nSPS) is 19.2. The van der Waals surface area contributed by atoms with E-state index in [1.54, 1.807) is 0 Å². The molecule has 1 aliphatic rings. The molecule has 3 heteroatoms. The van der Waals surface area contributed by atoms with Crippen molar-refractivity contribution in [3.05, 3.63) is 40.6 Å². The van der Waals surface area contributed by atoms with Gasteiger partial charge in [0.15, 0.2) is 0 Å². The minimum absolute atomic E-state index is 0.296. The number of benzene rings is 1. The van der Waals surface area contributed by atoms with Crippen molar-refractivity contribution in [1.29, 1.82) is 0 Å².